The molecule has 0 aromatic heterocycles. The summed E-state index contributed by atoms with van der Waals surface area (Å²) < 4.78 is 12.4. The second-order valence-corrected chi connectivity index (χ2v) is 5.37. The van der Waals surface area contributed by atoms with E-state index in [0.717, 1.165) is 16.4 Å². The number of ether oxygens (including phenoxy) is 2. The zero-order valence-corrected chi connectivity index (χ0v) is 13.3. The zero-order valence-electron chi connectivity index (χ0n) is 10.2. The molecule has 2 nitrogen and oxygen atoms in total. The predicted octanol–water partition coefficient (Wildman–Crippen LogP) is 4.33. The standard InChI is InChI=1S/C13H18Br2O2/c1-3-16-9-10(2)17-13(8-14)11-5-4-6-12(15)7-11/h4-7,10,13H,3,8-9H2,1-2H3. The Morgan fingerprint density at radius 1 is 1.35 bits per heavy atom. The van der Waals surface area contributed by atoms with Crippen molar-refractivity contribution in [2.45, 2.75) is 26.1 Å². The lowest BCUT2D eigenvalue weighted by atomic mass is 10.1. The smallest absolute Gasteiger partial charge is 0.0926 e. The first-order valence-corrected chi connectivity index (χ1v) is 7.63. The molecule has 0 aliphatic heterocycles. The van der Waals surface area contributed by atoms with Crippen molar-refractivity contribution in [3.05, 3.63) is 34.3 Å². The Morgan fingerprint density at radius 2 is 2.12 bits per heavy atom. The molecule has 17 heavy (non-hydrogen) atoms. The van der Waals surface area contributed by atoms with Gasteiger partial charge in [-0.25, -0.2) is 0 Å². The second-order valence-electron chi connectivity index (χ2n) is 3.80. The third-order valence-electron chi connectivity index (χ3n) is 2.31. The Bertz CT molecular complexity index is 331. The van der Waals surface area contributed by atoms with Crippen LogP contribution in [-0.2, 0) is 9.47 Å². The Kier molecular flexibility index (Phi) is 7.35. The van der Waals surface area contributed by atoms with Gasteiger partial charge in [0.25, 0.3) is 0 Å². The summed E-state index contributed by atoms with van der Waals surface area (Å²) in [6.07, 6.45) is 0.152. The van der Waals surface area contributed by atoms with Gasteiger partial charge < -0.3 is 9.47 Å². The van der Waals surface area contributed by atoms with Crippen molar-refractivity contribution in [3.8, 4) is 0 Å². The fourth-order valence-electron chi connectivity index (χ4n) is 1.51. The lowest BCUT2D eigenvalue weighted by Crippen LogP contribution is -2.20. The molecule has 0 fully saturated rings. The van der Waals surface area contributed by atoms with Crippen LogP contribution in [0.15, 0.2) is 28.7 Å². The van der Waals surface area contributed by atoms with E-state index in [4.69, 9.17) is 9.47 Å². The maximum Gasteiger partial charge on any atom is 0.0926 e. The minimum absolute atomic E-state index is 0.0583. The van der Waals surface area contributed by atoms with Crippen LogP contribution in [0, 0.1) is 0 Å². The van der Waals surface area contributed by atoms with Gasteiger partial charge in [0.1, 0.15) is 0 Å². The maximum absolute atomic E-state index is 5.95. The van der Waals surface area contributed by atoms with Crippen molar-refractivity contribution in [1.82, 2.24) is 0 Å². The summed E-state index contributed by atoms with van der Waals surface area (Å²) in [5.74, 6) is 0. The average molecular weight is 366 g/mol. The van der Waals surface area contributed by atoms with Gasteiger partial charge in [-0.1, -0.05) is 44.0 Å². The van der Waals surface area contributed by atoms with Crippen LogP contribution in [0.4, 0.5) is 0 Å². The van der Waals surface area contributed by atoms with Gasteiger partial charge in [0, 0.05) is 16.4 Å². The van der Waals surface area contributed by atoms with E-state index in [0.29, 0.717) is 6.61 Å². The van der Waals surface area contributed by atoms with E-state index in [1.54, 1.807) is 0 Å². The molecule has 2 atom stereocenters. The highest BCUT2D eigenvalue weighted by atomic mass is 79.9. The Labute approximate surface area is 120 Å². The minimum Gasteiger partial charge on any atom is -0.379 e. The molecule has 0 aliphatic rings. The lowest BCUT2D eigenvalue weighted by Gasteiger charge is -2.21. The predicted molar refractivity (Wildman–Crippen MR) is 77.7 cm³/mol. The van der Waals surface area contributed by atoms with Crippen molar-refractivity contribution in [3.63, 3.8) is 0 Å². The number of rotatable bonds is 7. The van der Waals surface area contributed by atoms with Crippen LogP contribution in [0.5, 0.6) is 0 Å². The van der Waals surface area contributed by atoms with E-state index in [-0.39, 0.29) is 12.2 Å². The molecule has 0 N–H and O–H groups in total. The van der Waals surface area contributed by atoms with E-state index in [1.165, 1.54) is 5.56 Å². The van der Waals surface area contributed by atoms with Crippen LogP contribution in [0.3, 0.4) is 0 Å². The molecule has 0 amide bonds. The molecule has 2 unspecified atom stereocenters. The summed E-state index contributed by atoms with van der Waals surface area (Å²) in [7, 11) is 0. The molecule has 0 saturated carbocycles. The maximum atomic E-state index is 5.95. The van der Waals surface area contributed by atoms with Crippen LogP contribution >= 0.6 is 31.9 Å². The molecular formula is C13H18Br2O2. The average Bonchev–Trinajstić information content (AvgIpc) is 2.33. The van der Waals surface area contributed by atoms with Gasteiger partial charge in [-0.2, -0.15) is 0 Å². The van der Waals surface area contributed by atoms with E-state index in [1.807, 2.05) is 26.0 Å². The SMILES string of the molecule is CCOCC(C)OC(CBr)c1cccc(Br)c1. The van der Waals surface area contributed by atoms with Crippen molar-refractivity contribution in [2.75, 3.05) is 18.5 Å². The summed E-state index contributed by atoms with van der Waals surface area (Å²) in [4.78, 5) is 0. The lowest BCUT2D eigenvalue weighted by molar-refractivity contribution is -0.0383. The summed E-state index contributed by atoms with van der Waals surface area (Å²) in [6, 6.07) is 8.19. The van der Waals surface area contributed by atoms with Gasteiger partial charge >= 0.3 is 0 Å². The molecule has 0 spiro atoms. The Balaban J connectivity index is 2.59. The molecule has 1 aromatic carbocycles. The molecule has 1 aromatic rings. The quantitative estimate of drug-likeness (QED) is 0.669. The molecule has 0 saturated heterocycles. The highest BCUT2D eigenvalue weighted by Gasteiger charge is 2.14. The monoisotopic (exact) mass is 364 g/mol. The highest BCUT2D eigenvalue weighted by Crippen LogP contribution is 2.24. The van der Waals surface area contributed by atoms with Crippen LogP contribution < -0.4 is 0 Å². The first kappa shape index (κ1) is 15.2. The van der Waals surface area contributed by atoms with E-state index in [9.17, 15) is 0 Å². The number of hydrogen-bond acceptors (Lipinski definition) is 2. The van der Waals surface area contributed by atoms with E-state index in [2.05, 4.69) is 44.0 Å². The fraction of sp³-hybridized carbons (Fsp3) is 0.538. The largest absolute Gasteiger partial charge is 0.379 e. The third kappa shape index (κ3) is 5.51. The first-order chi connectivity index (χ1) is 8.17. The van der Waals surface area contributed by atoms with Gasteiger partial charge in [0.05, 0.1) is 18.8 Å². The van der Waals surface area contributed by atoms with Gasteiger partial charge in [-0.05, 0) is 31.5 Å². The molecular weight excluding hydrogens is 348 g/mol. The number of benzene rings is 1. The molecule has 1 rings (SSSR count). The van der Waals surface area contributed by atoms with Gasteiger partial charge in [0.2, 0.25) is 0 Å². The van der Waals surface area contributed by atoms with E-state index < -0.39 is 0 Å². The van der Waals surface area contributed by atoms with Crippen molar-refractivity contribution in [1.29, 1.82) is 0 Å². The highest BCUT2D eigenvalue weighted by molar-refractivity contribution is 9.10. The molecule has 0 radical (unpaired) electrons. The van der Waals surface area contributed by atoms with Crippen molar-refractivity contribution < 1.29 is 9.47 Å². The molecule has 0 heterocycles. The van der Waals surface area contributed by atoms with Crippen molar-refractivity contribution in [2.24, 2.45) is 0 Å². The second kappa shape index (κ2) is 8.25. The number of halogens is 2. The summed E-state index contributed by atoms with van der Waals surface area (Å²) in [5.41, 5.74) is 1.17. The molecule has 4 heteroatoms. The normalized spacial score (nSPS) is 14.6. The molecule has 0 bridgehead atoms. The van der Waals surface area contributed by atoms with Crippen LogP contribution in [0.2, 0.25) is 0 Å². The van der Waals surface area contributed by atoms with Gasteiger partial charge in [-0.3, -0.25) is 0 Å². The van der Waals surface area contributed by atoms with Crippen molar-refractivity contribution >= 4 is 31.9 Å². The Morgan fingerprint density at radius 3 is 2.71 bits per heavy atom. The number of hydrogen-bond donors (Lipinski definition) is 0. The molecule has 0 aliphatic carbocycles. The zero-order chi connectivity index (χ0) is 12.7. The fourth-order valence-corrected chi connectivity index (χ4v) is 2.46. The summed E-state index contributed by atoms with van der Waals surface area (Å²) >= 11 is 6.96. The van der Waals surface area contributed by atoms with Crippen LogP contribution in [0.25, 0.3) is 0 Å². The summed E-state index contributed by atoms with van der Waals surface area (Å²) in [5, 5.41) is 0.778. The molecule has 96 valence electrons. The number of alkyl halides is 1. The minimum atomic E-state index is 0.0583. The van der Waals surface area contributed by atoms with Gasteiger partial charge in [-0.15, -0.1) is 0 Å². The first-order valence-electron chi connectivity index (χ1n) is 5.72. The van der Waals surface area contributed by atoms with Crippen LogP contribution in [-0.4, -0.2) is 24.6 Å². The topological polar surface area (TPSA) is 18.5 Å². The Hall–Kier alpha value is 0.1000. The summed E-state index contributed by atoms with van der Waals surface area (Å²) in [6.45, 7) is 5.38. The van der Waals surface area contributed by atoms with E-state index >= 15 is 0 Å². The van der Waals surface area contributed by atoms with Gasteiger partial charge in [0.15, 0.2) is 0 Å². The van der Waals surface area contributed by atoms with Crippen LogP contribution in [0.1, 0.15) is 25.5 Å². The third-order valence-corrected chi connectivity index (χ3v) is 3.40.